The molecule has 0 aliphatic rings. The summed E-state index contributed by atoms with van der Waals surface area (Å²) in [6.07, 6.45) is 1.93. The van der Waals surface area contributed by atoms with Crippen LogP contribution in [0.2, 0.25) is 0 Å². The van der Waals surface area contributed by atoms with Crippen LogP contribution in [-0.2, 0) is 4.79 Å². The molecule has 5 heteroatoms. The average molecular weight is 266 g/mol. The highest BCUT2D eigenvalue weighted by molar-refractivity contribution is 5.77. The van der Waals surface area contributed by atoms with Crippen LogP contribution in [0.25, 0.3) is 0 Å². The van der Waals surface area contributed by atoms with Gasteiger partial charge < -0.3 is 20.5 Å². The van der Waals surface area contributed by atoms with Gasteiger partial charge in [0.1, 0.15) is 5.75 Å². The number of rotatable bonds is 8. The van der Waals surface area contributed by atoms with Gasteiger partial charge in [0.2, 0.25) is 0 Å². The summed E-state index contributed by atoms with van der Waals surface area (Å²) in [6, 6.07) is 6.90. The van der Waals surface area contributed by atoms with Crippen molar-refractivity contribution in [2.24, 2.45) is 0 Å². The van der Waals surface area contributed by atoms with Gasteiger partial charge in [0.25, 0.3) is 5.91 Å². The minimum absolute atomic E-state index is 0.0202. The van der Waals surface area contributed by atoms with Gasteiger partial charge in [0, 0.05) is 18.8 Å². The van der Waals surface area contributed by atoms with Gasteiger partial charge in [-0.25, -0.2) is 0 Å². The number of ether oxygens (including phenoxy) is 1. The molecule has 1 aromatic carbocycles. The molecule has 0 bridgehead atoms. The molecule has 0 radical (unpaired) electrons. The van der Waals surface area contributed by atoms with Crippen LogP contribution < -0.4 is 10.5 Å². The molecule has 0 aliphatic carbocycles. The molecule has 0 saturated carbocycles. The van der Waals surface area contributed by atoms with E-state index in [4.69, 9.17) is 15.6 Å². The van der Waals surface area contributed by atoms with E-state index in [0.29, 0.717) is 24.5 Å². The summed E-state index contributed by atoms with van der Waals surface area (Å²) in [5.74, 6) is 0.501. The van der Waals surface area contributed by atoms with E-state index in [9.17, 15) is 4.79 Å². The van der Waals surface area contributed by atoms with Crippen molar-refractivity contribution in [1.29, 1.82) is 0 Å². The van der Waals surface area contributed by atoms with Crippen molar-refractivity contribution >= 4 is 11.6 Å². The molecule has 106 valence electrons. The lowest BCUT2D eigenvalue weighted by atomic mass is 10.3. The normalized spacial score (nSPS) is 10.2. The summed E-state index contributed by atoms with van der Waals surface area (Å²) in [4.78, 5) is 13.6. The second kappa shape index (κ2) is 8.37. The highest BCUT2D eigenvalue weighted by Gasteiger charge is 2.12. The second-order valence-corrected chi connectivity index (χ2v) is 4.32. The number of carbonyl (C=O) groups excluding carboxylic acids is 1. The van der Waals surface area contributed by atoms with Crippen LogP contribution in [0.3, 0.4) is 0 Å². The first-order valence-corrected chi connectivity index (χ1v) is 6.54. The Morgan fingerprint density at radius 3 is 2.58 bits per heavy atom. The number of unbranched alkanes of at least 4 members (excludes halogenated alkanes) is 1. The van der Waals surface area contributed by atoms with Gasteiger partial charge in [-0.05, 0) is 30.7 Å². The number of hydrogen-bond donors (Lipinski definition) is 2. The number of aliphatic hydroxyl groups is 1. The van der Waals surface area contributed by atoms with Crippen LogP contribution >= 0.6 is 0 Å². The van der Waals surface area contributed by atoms with Crippen molar-refractivity contribution in [2.45, 2.75) is 19.8 Å². The molecule has 0 heterocycles. The fourth-order valence-electron chi connectivity index (χ4n) is 1.63. The quantitative estimate of drug-likeness (QED) is 0.695. The van der Waals surface area contributed by atoms with Gasteiger partial charge >= 0.3 is 0 Å². The zero-order valence-corrected chi connectivity index (χ0v) is 11.3. The first-order valence-electron chi connectivity index (χ1n) is 6.54. The van der Waals surface area contributed by atoms with E-state index < -0.39 is 0 Å². The molecule has 0 aliphatic heterocycles. The minimum Gasteiger partial charge on any atom is -0.484 e. The van der Waals surface area contributed by atoms with Gasteiger partial charge in [0.05, 0.1) is 6.61 Å². The summed E-state index contributed by atoms with van der Waals surface area (Å²) in [5, 5.41) is 8.95. The Morgan fingerprint density at radius 1 is 1.32 bits per heavy atom. The lowest BCUT2D eigenvalue weighted by Crippen LogP contribution is -2.37. The van der Waals surface area contributed by atoms with Crippen LogP contribution in [0.15, 0.2) is 24.3 Å². The topological polar surface area (TPSA) is 75.8 Å². The largest absolute Gasteiger partial charge is 0.484 e. The number of nitrogen functional groups attached to an aromatic ring is 1. The van der Waals surface area contributed by atoms with Crippen LogP contribution in [0, 0.1) is 0 Å². The molecule has 1 rings (SSSR count). The fraction of sp³-hybridized carbons (Fsp3) is 0.500. The molecule has 0 spiro atoms. The zero-order chi connectivity index (χ0) is 14.1. The lowest BCUT2D eigenvalue weighted by molar-refractivity contribution is -0.134. The number of benzene rings is 1. The molecular formula is C14H22N2O3. The lowest BCUT2D eigenvalue weighted by Gasteiger charge is -2.21. The highest BCUT2D eigenvalue weighted by atomic mass is 16.5. The molecule has 5 nitrogen and oxygen atoms in total. The molecule has 0 atom stereocenters. The number of nitrogens with zero attached hydrogens (tertiary/aromatic N) is 1. The monoisotopic (exact) mass is 266 g/mol. The maximum atomic E-state index is 11.9. The van der Waals surface area contributed by atoms with E-state index in [0.717, 1.165) is 12.8 Å². The van der Waals surface area contributed by atoms with E-state index >= 15 is 0 Å². The van der Waals surface area contributed by atoms with Crippen LogP contribution in [-0.4, -0.2) is 42.2 Å². The number of nitrogens with two attached hydrogens (primary N) is 1. The molecule has 0 unspecified atom stereocenters. The van der Waals surface area contributed by atoms with Crippen molar-refractivity contribution in [3.05, 3.63) is 24.3 Å². The predicted molar refractivity (Wildman–Crippen MR) is 74.9 cm³/mol. The SMILES string of the molecule is CCCCN(CCO)C(=O)COc1ccc(N)cc1. The maximum Gasteiger partial charge on any atom is 0.260 e. The Labute approximate surface area is 114 Å². The molecule has 3 N–H and O–H groups in total. The molecular weight excluding hydrogens is 244 g/mol. The summed E-state index contributed by atoms with van der Waals surface area (Å²) in [6.45, 7) is 3.02. The van der Waals surface area contributed by atoms with E-state index in [1.807, 2.05) is 0 Å². The highest BCUT2D eigenvalue weighted by Crippen LogP contribution is 2.13. The predicted octanol–water partition coefficient (Wildman–Crippen LogP) is 1.27. The van der Waals surface area contributed by atoms with Crippen molar-refractivity contribution in [2.75, 3.05) is 32.0 Å². The molecule has 0 fully saturated rings. The van der Waals surface area contributed by atoms with Gasteiger partial charge in [-0.3, -0.25) is 4.79 Å². The Hall–Kier alpha value is -1.75. The Bertz CT molecular complexity index is 379. The third-order valence-corrected chi connectivity index (χ3v) is 2.75. The first kappa shape index (κ1) is 15.3. The summed E-state index contributed by atoms with van der Waals surface area (Å²) in [5.41, 5.74) is 6.22. The standard InChI is InChI=1S/C14H22N2O3/c1-2-3-8-16(9-10-17)14(18)11-19-13-6-4-12(15)5-7-13/h4-7,17H,2-3,8-11,15H2,1H3. The summed E-state index contributed by atoms with van der Waals surface area (Å²) < 4.78 is 5.40. The minimum atomic E-state index is -0.112. The Kier molecular flexibility index (Phi) is 6.74. The van der Waals surface area contributed by atoms with Crippen molar-refractivity contribution in [1.82, 2.24) is 4.90 Å². The average Bonchev–Trinajstić information content (AvgIpc) is 2.42. The van der Waals surface area contributed by atoms with Gasteiger partial charge in [-0.2, -0.15) is 0 Å². The van der Waals surface area contributed by atoms with Gasteiger partial charge in [0.15, 0.2) is 6.61 Å². The second-order valence-electron chi connectivity index (χ2n) is 4.32. The van der Waals surface area contributed by atoms with Crippen molar-refractivity contribution in [3.8, 4) is 5.75 Å². The van der Waals surface area contributed by atoms with Crippen molar-refractivity contribution in [3.63, 3.8) is 0 Å². The third-order valence-electron chi connectivity index (χ3n) is 2.75. The van der Waals surface area contributed by atoms with E-state index in [1.54, 1.807) is 29.2 Å². The van der Waals surface area contributed by atoms with Crippen LogP contribution in [0.1, 0.15) is 19.8 Å². The molecule has 1 aromatic rings. The molecule has 0 saturated heterocycles. The fourth-order valence-corrected chi connectivity index (χ4v) is 1.63. The number of anilines is 1. The van der Waals surface area contributed by atoms with E-state index in [-0.39, 0.29) is 19.1 Å². The molecule has 1 amide bonds. The molecule has 0 aromatic heterocycles. The number of amides is 1. The first-order chi connectivity index (χ1) is 9.17. The van der Waals surface area contributed by atoms with Gasteiger partial charge in [-0.1, -0.05) is 13.3 Å². The molecule has 19 heavy (non-hydrogen) atoms. The van der Waals surface area contributed by atoms with E-state index in [2.05, 4.69) is 6.92 Å². The zero-order valence-electron chi connectivity index (χ0n) is 11.3. The van der Waals surface area contributed by atoms with Gasteiger partial charge in [-0.15, -0.1) is 0 Å². The van der Waals surface area contributed by atoms with Crippen LogP contribution in [0.5, 0.6) is 5.75 Å². The summed E-state index contributed by atoms with van der Waals surface area (Å²) in [7, 11) is 0. The third kappa shape index (κ3) is 5.61. The van der Waals surface area contributed by atoms with Crippen LogP contribution in [0.4, 0.5) is 5.69 Å². The van der Waals surface area contributed by atoms with E-state index in [1.165, 1.54) is 0 Å². The number of hydrogen-bond acceptors (Lipinski definition) is 4. The van der Waals surface area contributed by atoms with Crippen molar-refractivity contribution < 1.29 is 14.6 Å². The number of aliphatic hydroxyl groups excluding tert-OH is 1. The Balaban J connectivity index is 2.44. The smallest absolute Gasteiger partial charge is 0.260 e. The number of carbonyl (C=O) groups is 1. The maximum absolute atomic E-state index is 11.9. The summed E-state index contributed by atoms with van der Waals surface area (Å²) >= 11 is 0. The Morgan fingerprint density at radius 2 is 2.00 bits per heavy atom.